The van der Waals surface area contributed by atoms with Crippen LogP contribution in [0.25, 0.3) is 11.2 Å². The molecule has 21 heavy (non-hydrogen) atoms. The molecule has 0 spiro atoms. The van der Waals surface area contributed by atoms with Crippen LogP contribution in [0.4, 0.5) is 10.1 Å². The van der Waals surface area contributed by atoms with Gasteiger partial charge in [-0.2, -0.15) is 0 Å². The third kappa shape index (κ3) is 1.89. The first-order valence-corrected chi connectivity index (χ1v) is 6.32. The number of nitrogen functional groups attached to an aromatic ring is 1. The molecule has 0 bridgehead atoms. The minimum atomic E-state index is -2.18. The van der Waals surface area contributed by atoms with Gasteiger partial charge in [-0.15, -0.1) is 0 Å². The molecule has 4 atom stereocenters. The van der Waals surface area contributed by atoms with Crippen molar-refractivity contribution in [3.8, 4) is 0 Å². The van der Waals surface area contributed by atoms with Crippen molar-refractivity contribution in [2.45, 2.75) is 24.0 Å². The van der Waals surface area contributed by atoms with Crippen molar-refractivity contribution < 1.29 is 24.4 Å². The number of aliphatic hydroxyl groups is 3. The summed E-state index contributed by atoms with van der Waals surface area (Å²) in [7, 11) is 0. The summed E-state index contributed by atoms with van der Waals surface area (Å²) in [5.74, 6) is 0. The highest BCUT2D eigenvalue weighted by molar-refractivity contribution is 5.83. The summed E-state index contributed by atoms with van der Waals surface area (Å²) in [6, 6.07) is 1.57. The van der Waals surface area contributed by atoms with Crippen molar-refractivity contribution in [1.82, 2.24) is 14.5 Å². The summed E-state index contributed by atoms with van der Waals surface area (Å²) in [6.07, 6.45) is -1.16. The lowest BCUT2D eigenvalue weighted by Gasteiger charge is -2.26. The Kier molecular flexibility index (Phi) is 3.29. The number of rotatable bonds is 3. The van der Waals surface area contributed by atoms with Crippen LogP contribution in [0.15, 0.2) is 18.6 Å². The first-order chi connectivity index (χ1) is 10.0. The Hall–Kier alpha value is -1.81. The number of halogens is 1. The molecule has 0 aliphatic carbocycles. The first kappa shape index (κ1) is 14.1. The summed E-state index contributed by atoms with van der Waals surface area (Å²) in [5.41, 5.74) is 4.72. The Morgan fingerprint density at radius 1 is 1.48 bits per heavy atom. The quantitative estimate of drug-likeness (QED) is 0.570. The highest BCUT2D eigenvalue weighted by Gasteiger charge is 2.56. The number of nitrogens with zero attached hydrogens (tertiary/aromatic N) is 3. The van der Waals surface area contributed by atoms with E-state index >= 15 is 0 Å². The van der Waals surface area contributed by atoms with Crippen LogP contribution in [0, 0.1) is 0 Å². The third-order valence-corrected chi connectivity index (χ3v) is 3.79. The predicted molar refractivity (Wildman–Crippen MR) is 69.9 cm³/mol. The molecule has 1 aliphatic rings. The Morgan fingerprint density at radius 3 is 2.86 bits per heavy atom. The molecule has 0 unspecified atom stereocenters. The maximum Gasteiger partial charge on any atom is 0.166 e. The smallest absolute Gasteiger partial charge is 0.166 e. The molecule has 0 aromatic carbocycles. The van der Waals surface area contributed by atoms with Crippen LogP contribution in [-0.4, -0.2) is 60.9 Å². The second-order valence-electron chi connectivity index (χ2n) is 4.99. The van der Waals surface area contributed by atoms with E-state index in [1.807, 2.05) is 0 Å². The molecule has 2 aromatic rings. The third-order valence-electron chi connectivity index (χ3n) is 3.79. The molecule has 1 saturated heterocycles. The lowest BCUT2D eigenvalue weighted by molar-refractivity contribution is -0.104. The molecule has 1 fully saturated rings. The molecule has 9 heteroatoms. The number of anilines is 1. The monoisotopic (exact) mass is 298 g/mol. The summed E-state index contributed by atoms with van der Waals surface area (Å²) in [4.78, 5) is 8.17. The molecule has 0 amide bonds. The van der Waals surface area contributed by atoms with Gasteiger partial charge < -0.3 is 25.8 Å². The van der Waals surface area contributed by atoms with Gasteiger partial charge in [0.2, 0.25) is 0 Å². The molecule has 0 saturated carbocycles. The normalized spacial score (nSPS) is 32.9. The largest absolute Gasteiger partial charge is 0.397 e. The highest BCUT2D eigenvalue weighted by Crippen LogP contribution is 2.38. The van der Waals surface area contributed by atoms with Gasteiger partial charge in [-0.05, 0) is 6.07 Å². The number of imidazole rings is 1. The Balaban J connectivity index is 2.06. The highest BCUT2D eigenvalue weighted by atomic mass is 19.1. The van der Waals surface area contributed by atoms with E-state index in [9.17, 15) is 19.7 Å². The molecule has 3 rings (SSSR count). The van der Waals surface area contributed by atoms with Crippen LogP contribution >= 0.6 is 0 Å². The van der Waals surface area contributed by atoms with Crippen molar-refractivity contribution in [3.05, 3.63) is 18.6 Å². The van der Waals surface area contributed by atoms with Crippen molar-refractivity contribution in [1.29, 1.82) is 0 Å². The number of alkyl halides is 1. The number of aliphatic hydroxyl groups excluding tert-OH is 2. The van der Waals surface area contributed by atoms with Crippen LogP contribution in [0.1, 0.15) is 6.23 Å². The van der Waals surface area contributed by atoms with Gasteiger partial charge in [0.15, 0.2) is 17.5 Å². The molecule has 0 radical (unpaired) electrons. The van der Waals surface area contributed by atoms with E-state index in [0.29, 0.717) is 16.9 Å². The average Bonchev–Trinajstić information content (AvgIpc) is 3.01. The van der Waals surface area contributed by atoms with Crippen molar-refractivity contribution in [3.63, 3.8) is 0 Å². The van der Waals surface area contributed by atoms with E-state index in [0.717, 1.165) is 0 Å². The van der Waals surface area contributed by atoms with Crippen LogP contribution < -0.4 is 5.73 Å². The van der Waals surface area contributed by atoms with Gasteiger partial charge in [0.05, 0.1) is 18.6 Å². The lowest BCUT2D eigenvalue weighted by Crippen LogP contribution is -2.51. The van der Waals surface area contributed by atoms with Gasteiger partial charge in [-0.3, -0.25) is 4.57 Å². The van der Waals surface area contributed by atoms with Crippen molar-refractivity contribution in [2.75, 3.05) is 19.0 Å². The second kappa shape index (κ2) is 4.88. The zero-order chi connectivity index (χ0) is 15.2. The maximum atomic E-state index is 13.1. The van der Waals surface area contributed by atoms with Crippen LogP contribution in [-0.2, 0) is 4.74 Å². The van der Waals surface area contributed by atoms with Gasteiger partial charge in [0.1, 0.15) is 24.4 Å². The topological polar surface area (TPSA) is 127 Å². The number of fused-ring (bicyclic) bond motifs is 1. The van der Waals surface area contributed by atoms with Crippen LogP contribution in [0.3, 0.4) is 0 Å². The van der Waals surface area contributed by atoms with Crippen LogP contribution in [0.5, 0.6) is 0 Å². The average molecular weight is 298 g/mol. The molecule has 5 N–H and O–H groups in total. The zero-order valence-corrected chi connectivity index (χ0v) is 10.9. The molecular formula is C12H15FN4O4. The summed E-state index contributed by atoms with van der Waals surface area (Å²) in [6.45, 7) is -1.88. The Bertz CT molecular complexity index is 666. The van der Waals surface area contributed by atoms with E-state index in [1.54, 1.807) is 6.07 Å². The summed E-state index contributed by atoms with van der Waals surface area (Å²) in [5, 5.41) is 29.5. The fraction of sp³-hybridized carbons (Fsp3) is 0.500. The maximum absolute atomic E-state index is 13.1. The van der Waals surface area contributed by atoms with Crippen molar-refractivity contribution >= 4 is 16.9 Å². The zero-order valence-electron chi connectivity index (χ0n) is 10.9. The van der Waals surface area contributed by atoms with Gasteiger partial charge >= 0.3 is 0 Å². The SMILES string of the molecule is Nc1ccnc2c1ncn2[C@@H]1O[C@H](CO)[C@](O)(CF)[C@H]1O. The van der Waals surface area contributed by atoms with E-state index in [-0.39, 0.29) is 0 Å². The standard InChI is InChI=1S/C12H15FN4O4/c13-4-12(20)7(3-18)21-11(9(12)19)17-5-16-8-6(14)1-2-15-10(8)17/h1-2,5,7,9,11,18-20H,3-4H2,(H2,14,15)/t7-,9+,11-,12-/m1/s1. The molecule has 1 aliphatic heterocycles. The van der Waals surface area contributed by atoms with Gasteiger partial charge in [-0.25, -0.2) is 14.4 Å². The number of ether oxygens (including phenoxy) is 1. The predicted octanol–water partition coefficient (Wildman–Crippen LogP) is -1.04. The van der Waals surface area contributed by atoms with E-state index < -0.39 is 37.3 Å². The molecule has 114 valence electrons. The van der Waals surface area contributed by atoms with Gasteiger partial charge in [0, 0.05) is 6.20 Å². The minimum absolute atomic E-state index is 0.332. The van der Waals surface area contributed by atoms with Crippen LogP contribution in [0.2, 0.25) is 0 Å². The molecular weight excluding hydrogens is 283 g/mol. The van der Waals surface area contributed by atoms with Gasteiger partial charge in [-0.1, -0.05) is 0 Å². The fourth-order valence-corrected chi connectivity index (χ4v) is 2.52. The number of nitrogens with two attached hydrogens (primary N) is 1. The number of hydrogen-bond donors (Lipinski definition) is 4. The lowest BCUT2D eigenvalue weighted by atomic mass is 9.94. The second-order valence-corrected chi connectivity index (χ2v) is 4.99. The Labute approximate surface area is 118 Å². The van der Waals surface area contributed by atoms with E-state index in [4.69, 9.17) is 10.5 Å². The number of aromatic nitrogens is 3. The van der Waals surface area contributed by atoms with Gasteiger partial charge in [0.25, 0.3) is 0 Å². The first-order valence-electron chi connectivity index (χ1n) is 6.32. The van der Waals surface area contributed by atoms with E-state index in [1.165, 1.54) is 17.1 Å². The summed E-state index contributed by atoms with van der Waals surface area (Å²) < 4.78 is 19.8. The number of hydrogen-bond acceptors (Lipinski definition) is 7. The van der Waals surface area contributed by atoms with E-state index in [2.05, 4.69) is 9.97 Å². The Morgan fingerprint density at radius 2 is 2.24 bits per heavy atom. The molecule has 3 heterocycles. The molecule has 8 nitrogen and oxygen atoms in total. The molecule has 2 aromatic heterocycles. The number of pyridine rings is 1. The minimum Gasteiger partial charge on any atom is -0.397 e. The fourth-order valence-electron chi connectivity index (χ4n) is 2.52. The summed E-state index contributed by atoms with van der Waals surface area (Å²) >= 11 is 0. The van der Waals surface area contributed by atoms with Crippen molar-refractivity contribution in [2.24, 2.45) is 0 Å².